The van der Waals surface area contributed by atoms with Gasteiger partial charge in [-0.05, 0) is 49.6 Å². The Kier molecular flexibility index (Phi) is 6.08. The van der Waals surface area contributed by atoms with Gasteiger partial charge in [0, 0.05) is 50.0 Å². The van der Waals surface area contributed by atoms with E-state index in [1.165, 1.54) is 6.42 Å². The number of carbonyl (C=O) groups excluding carboxylic acids is 1. The molecule has 1 aromatic carbocycles. The summed E-state index contributed by atoms with van der Waals surface area (Å²) in [7, 11) is 0. The van der Waals surface area contributed by atoms with Gasteiger partial charge in [-0.3, -0.25) is 14.7 Å². The number of hydrogen-bond acceptors (Lipinski definition) is 8. The van der Waals surface area contributed by atoms with Crippen LogP contribution in [0.4, 0.5) is 23.1 Å². The molecule has 0 bridgehead atoms. The molecule has 2 saturated heterocycles. The van der Waals surface area contributed by atoms with Crippen LogP contribution >= 0.6 is 0 Å². The van der Waals surface area contributed by atoms with Crippen LogP contribution in [0.15, 0.2) is 65.5 Å². The van der Waals surface area contributed by atoms with Crippen LogP contribution in [0.2, 0.25) is 0 Å². The number of carbonyl (C=O) groups is 1. The minimum Gasteiger partial charge on any atom is -0.423 e. The second-order valence-corrected chi connectivity index (χ2v) is 9.92. The van der Waals surface area contributed by atoms with Gasteiger partial charge in [0.25, 0.3) is 11.9 Å². The molecule has 198 valence electrons. The first-order valence-electron chi connectivity index (χ1n) is 13.5. The van der Waals surface area contributed by atoms with Crippen molar-refractivity contribution in [3.8, 4) is 0 Å². The summed E-state index contributed by atoms with van der Waals surface area (Å²) in [6.07, 6.45) is 8.60. The number of aromatic nitrogens is 4. The molecule has 39 heavy (non-hydrogen) atoms. The summed E-state index contributed by atoms with van der Waals surface area (Å²) in [6, 6.07) is 13.9. The molecule has 5 aromatic rings. The number of benzene rings is 1. The van der Waals surface area contributed by atoms with Crippen LogP contribution in [0.1, 0.15) is 29.8 Å². The van der Waals surface area contributed by atoms with Crippen molar-refractivity contribution in [1.29, 1.82) is 0 Å². The number of nitrogens with zero attached hydrogens (tertiary/aromatic N) is 6. The minimum atomic E-state index is -0.238. The number of aromatic amines is 1. The number of H-pyrrole nitrogens is 1. The van der Waals surface area contributed by atoms with Gasteiger partial charge in [-0.25, -0.2) is 4.98 Å². The van der Waals surface area contributed by atoms with Gasteiger partial charge in [0.15, 0.2) is 5.58 Å². The Balaban J connectivity index is 1.42. The lowest BCUT2D eigenvalue weighted by Gasteiger charge is -2.33. The number of nitrogens with one attached hydrogen (secondary N) is 1. The van der Waals surface area contributed by atoms with Crippen molar-refractivity contribution in [2.45, 2.75) is 19.3 Å². The molecule has 0 atom stereocenters. The van der Waals surface area contributed by atoms with Crippen molar-refractivity contribution in [1.82, 2.24) is 19.9 Å². The van der Waals surface area contributed by atoms with Crippen LogP contribution in [0.25, 0.3) is 22.1 Å². The Morgan fingerprint density at radius 1 is 0.949 bits per heavy atom. The maximum Gasteiger partial charge on any atom is 0.298 e. The zero-order valence-corrected chi connectivity index (χ0v) is 21.5. The molecule has 10 heteroatoms. The second kappa shape index (κ2) is 10.0. The summed E-state index contributed by atoms with van der Waals surface area (Å²) >= 11 is 0. The first kappa shape index (κ1) is 23.7. The molecule has 2 fully saturated rings. The lowest BCUT2D eigenvalue weighted by molar-refractivity contribution is 0.0994. The maximum atomic E-state index is 14.2. The van der Waals surface area contributed by atoms with E-state index in [4.69, 9.17) is 14.1 Å². The summed E-state index contributed by atoms with van der Waals surface area (Å²) in [5.41, 5.74) is 4.84. The predicted octanol–water partition coefficient (Wildman–Crippen LogP) is 4.90. The number of anilines is 4. The third-order valence-electron chi connectivity index (χ3n) is 7.42. The SMILES string of the molecule is O=C(c1ccccn1)N(c1cnc2[nH]ccc2c1)c1cc2oc(N3CCOCC3)nc2cc1N1CCCCC1. The van der Waals surface area contributed by atoms with Gasteiger partial charge in [-0.2, -0.15) is 4.98 Å². The van der Waals surface area contributed by atoms with Gasteiger partial charge in [-0.15, -0.1) is 0 Å². The fraction of sp³-hybridized carbons (Fsp3) is 0.310. The molecule has 2 aliphatic rings. The van der Waals surface area contributed by atoms with E-state index in [0.717, 1.165) is 66.9 Å². The van der Waals surface area contributed by atoms with Gasteiger partial charge in [0.1, 0.15) is 16.9 Å². The fourth-order valence-corrected chi connectivity index (χ4v) is 5.42. The summed E-state index contributed by atoms with van der Waals surface area (Å²) < 4.78 is 11.8. The molecule has 0 unspecified atom stereocenters. The topological polar surface area (TPSA) is 104 Å². The van der Waals surface area contributed by atoms with E-state index in [9.17, 15) is 4.79 Å². The highest BCUT2D eigenvalue weighted by molar-refractivity contribution is 6.13. The number of amides is 1. The Morgan fingerprint density at radius 3 is 2.64 bits per heavy atom. The van der Waals surface area contributed by atoms with Crippen molar-refractivity contribution in [2.24, 2.45) is 0 Å². The standard InChI is InChI=1S/C29H29N7O3/c37-28(22-6-2-3-8-30-22)36(21-16-20-7-9-31-27(20)32-19-21)25-18-26-23(17-24(25)34-10-4-1-5-11-34)33-29(39-26)35-12-14-38-15-13-35/h2-3,6-9,16-19H,1,4-5,10-15H2,(H,31,32). The van der Waals surface area contributed by atoms with Gasteiger partial charge >= 0.3 is 0 Å². The molecule has 4 aromatic heterocycles. The minimum absolute atomic E-state index is 0.238. The zero-order valence-electron chi connectivity index (χ0n) is 21.5. The first-order valence-corrected chi connectivity index (χ1v) is 13.5. The largest absolute Gasteiger partial charge is 0.423 e. The van der Waals surface area contributed by atoms with Crippen LogP contribution in [-0.2, 0) is 4.74 Å². The summed E-state index contributed by atoms with van der Waals surface area (Å²) in [6.45, 7) is 4.56. The maximum absolute atomic E-state index is 14.2. The first-order chi connectivity index (χ1) is 19.2. The Morgan fingerprint density at radius 2 is 1.82 bits per heavy atom. The summed E-state index contributed by atoms with van der Waals surface area (Å²) in [5.74, 6) is -0.238. The second-order valence-electron chi connectivity index (χ2n) is 9.92. The van der Waals surface area contributed by atoms with Gasteiger partial charge in [-0.1, -0.05) is 6.07 Å². The van der Waals surface area contributed by atoms with Gasteiger partial charge < -0.3 is 23.9 Å². The number of fused-ring (bicyclic) bond motifs is 2. The third-order valence-corrected chi connectivity index (χ3v) is 7.42. The Labute approximate surface area is 225 Å². The van der Waals surface area contributed by atoms with Gasteiger partial charge in [0.2, 0.25) is 0 Å². The van der Waals surface area contributed by atoms with Gasteiger partial charge in [0.05, 0.1) is 36.5 Å². The van der Waals surface area contributed by atoms with E-state index in [-0.39, 0.29) is 5.91 Å². The number of ether oxygens (including phenoxy) is 1. The molecule has 1 amide bonds. The van der Waals surface area contributed by atoms with Crippen molar-refractivity contribution < 1.29 is 13.9 Å². The molecule has 0 aliphatic carbocycles. The highest BCUT2D eigenvalue weighted by Gasteiger charge is 2.29. The van der Waals surface area contributed by atoms with E-state index in [1.54, 1.807) is 29.4 Å². The molecular formula is C29H29N7O3. The molecule has 0 spiro atoms. The van der Waals surface area contributed by atoms with Crippen LogP contribution in [0, 0.1) is 0 Å². The van der Waals surface area contributed by atoms with E-state index in [1.807, 2.05) is 30.5 Å². The lowest BCUT2D eigenvalue weighted by Crippen LogP contribution is -2.36. The zero-order chi connectivity index (χ0) is 26.2. The van der Waals surface area contributed by atoms with Crippen molar-refractivity contribution >= 4 is 51.1 Å². The highest BCUT2D eigenvalue weighted by Crippen LogP contribution is 2.41. The lowest BCUT2D eigenvalue weighted by atomic mass is 10.1. The number of rotatable bonds is 5. The monoisotopic (exact) mass is 523 g/mol. The molecule has 0 radical (unpaired) electrons. The molecule has 10 nitrogen and oxygen atoms in total. The van der Waals surface area contributed by atoms with E-state index in [0.29, 0.717) is 36.2 Å². The molecule has 1 N–H and O–H groups in total. The van der Waals surface area contributed by atoms with Crippen LogP contribution in [0.5, 0.6) is 0 Å². The number of morpholine rings is 1. The number of pyridine rings is 2. The summed E-state index contributed by atoms with van der Waals surface area (Å²) in [4.78, 5) is 37.3. The molecule has 0 saturated carbocycles. The highest BCUT2D eigenvalue weighted by atomic mass is 16.5. The van der Waals surface area contributed by atoms with E-state index >= 15 is 0 Å². The number of oxazole rings is 1. The number of hydrogen-bond donors (Lipinski definition) is 1. The molecule has 6 heterocycles. The van der Waals surface area contributed by atoms with Crippen molar-refractivity contribution in [3.05, 3.63) is 66.7 Å². The van der Waals surface area contributed by atoms with E-state index in [2.05, 4.69) is 30.8 Å². The average molecular weight is 524 g/mol. The van der Waals surface area contributed by atoms with Crippen LogP contribution < -0.4 is 14.7 Å². The fourth-order valence-electron chi connectivity index (χ4n) is 5.42. The molecule has 2 aliphatic heterocycles. The molecule has 7 rings (SSSR count). The summed E-state index contributed by atoms with van der Waals surface area (Å²) in [5, 5.41) is 0.918. The Bertz CT molecular complexity index is 1620. The number of piperidine rings is 1. The normalized spacial score (nSPS) is 16.2. The molecular weight excluding hydrogens is 494 g/mol. The van der Waals surface area contributed by atoms with E-state index < -0.39 is 0 Å². The van der Waals surface area contributed by atoms with Crippen molar-refractivity contribution in [3.63, 3.8) is 0 Å². The Hall–Kier alpha value is -4.44. The predicted molar refractivity (Wildman–Crippen MR) is 150 cm³/mol. The third kappa shape index (κ3) is 4.46. The average Bonchev–Trinajstić information content (AvgIpc) is 3.65. The quantitative estimate of drug-likeness (QED) is 0.347. The smallest absolute Gasteiger partial charge is 0.298 e. The van der Waals surface area contributed by atoms with Crippen LogP contribution in [-0.4, -0.2) is 65.2 Å². The van der Waals surface area contributed by atoms with Crippen molar-refractivity contribution in [2.75, 3.05) is 54.1 Å². The van der Waals surface area contributed by atoms with Crippen LogP contribution in [0.3, 0.4) is 0 Å².